The molecule has 1 saturated carbocycles. The van der Waals surface area contributed by atoms with E-state index in [4.69, 9.17) is 9.98 Å². The maximum Gasteiger partial charge on any atom is 0.283 e. The Hall–Kier alpha value is -4.05. The van der Waals surface area contributed by atoms with Crippen LogP contribution in [0.15, 0.2) is 59.6 Å². The average molecular weight is 466 g/mol. The summed E-state index contributed by atoms with van der Waals surface area (Å²) in [6.07, 6.45) is 4.41. The summed E-state index contributed by atoms with van der Waals surface area (Å²) >= 11 is 0. The third-order valence-electron chi connectivity index (χ3n) is 7.14. The second-order valence-electron chi connectivity index (χ2n) is 9.46. The molecule has 3 heterocycles. The maximum atomic E-state index is 13.6. The summed E-state index contributed by atoms with van der Waals surface area (Å²) in [4.78, 5) is 27.5. The van der Waals surface area contributed by atoms with E-state index in [2.05, 4.69) is 16.7 Å². The van der Waals surface area contributed by atoms with E-state index < -0.39 is 0 Å². The number of nitrogens with zero attached hydrogens (tertiary/aromatic N) is 5. The Labute approximate surface area is 204 Å². The van der Waals surface area contributed by atoms with Crippen LogP contribution in [0.4, 0.5) is 5.82 Å². The van der Waals surface area contributed by atoms with Crippen molar-refractivity contribution in [2.24, 2.45) is 4.99 Å². The van der Waals surface area contributed by atoms with Crippen LogP contribution in [0, 0.1) is 11.8 Å². The fourth-order valence-corrected chi connectivity index (χ4v) is 5.40. The Kier molecular flexibility index (Phi) is 5.10. The number of aliphatic imine (C=N–C) groups is 1. The molecule has 35 heavy (non-hydrogen) atoms. The van der Waals surface area contributed by atoms with Gasteiger partial charge in [-0.05, 0) is 55.5 Å². The molecule has 3 aromatic rings. The number of carbonyl (C=O) groups excluding carboxylic acids is 1. The van der Waals surface area contributed by atoms with E-state index in [1.807, 2.05) is 54.0 Å². The topological polar surface area (TPSA) is 74.0 Å². The summed E-state index contributed by atoms with van der Waals surface area (Å²) in [5.74, 6) is 8.58. The van der Waals surface area contributed by atoms with Gasteiger partial charge in [-0.25, -0.2) is 9.98 Å². The lowest BCUT2D eigenvalue weighted by Crippen LogP contribution is -2.51. The van der Waals surface area contributed by atoms with Crippen molar-refractivity contribution in [3.63, 3.8) is 0 Å². The summed E-state index contributed by atoms with van der Waals surface area (Å²) in [7, 11) is 0. The van der Waals surface area contributed by atoms with E-state index in [9.17, 15) is 9.90 Å². The standard InChI is InChI=1S/C28H27N5O2/c1-2-31-26(35)24-25(33-19-28(30-27(31)33)16-6-7-17-28)32(18-21-10-13-22(34)14-11-21)23(29-24)15-12-20-8-4-3-5-9-20/h3-5,8-11,13-14,34H,2,6-7,16-19H2,1H3. The number of hydrogen-bond acceptors (Lipinski definition) is 5. The monoisotopic (exact) mass is 465 g/mol. The Balaban J connectivity index is 1.50. The molecule has 7 heteroatoms. The van der Waals surface area contributed by atoms with E-state index in [1.54, 1.807) is 17.0 Å². The van der Waals surface area contributed by atoms with E-state index in [0.29, 0.717) is 24.6 Å². The summed E-state index contributed by atoms with van der Waals surface area (Å²) in [5.41, 5.74) is 2.18. The molecular weight excluding hydrogens is 438 g/mol. The van der Waals surface area contributed by atoms with Gasteiger partial charge in [0.2, 0.25) is 5.96 Å². The van der Waals surface area contributed by atoms with Gasteiger partial charge in [-0.1, -0.05) is 49.1 Å². The van der Waals surface area contributed by atoms with Crippen LogP contribution in [0.1, 0.15) is 60.0 Å². The number of hydrogen-bond donors (Lipinski definition) is 1. The zero-order valence-electron chi connectivity index (χ0n) is 19.7. The lowest BCUT2D eigenvalue weighted by molar-refractivity contribution is 0.0841. The number of fused-ring (bicyclic) bond motifs is 3. The summed E-state index contributed by atoms with van der Waals surface area (Å²) in [5, 5.41) is 9.76. The highest BCUT2D eigenvalue weighted by Gasteiger charge is 2.49. The van der Waals surface area contributed by atoms with Crippen LogP contribution in [-0.4, -0.2) is 50.1 Å². The minimum atomic E-state index is -0.131. The van der Waals surface area contributed by atoms with Crippen molar-refractivity contribution < 1.29 is 9.90 Å². The van der Waals surface area contributed by atoms with Gasteiger partial charge in [0, 0.05) is 12.1 Å². The van der Waals surface area contributed by atoms with E-state index in [0.717, 1.165) is 55.1 Å². The molecule has 7 nitrogen and oxygen atoms in total. The van der Waals surface area contributed by atoms with Crippen LogP contribution in [0.25, 0.3) is 0 Å². The third-order valence-corrected chi connectivity index (χ3v) is 7.14. The van der Waals surface area contributed by atoms with Gasteiger partial charge < -0.3 is 5.11 Å². The molecule has 1 N–H and O–H groups in total. The van der Waals surface area contributed by atoms with Crippen molar-refractivity contribution in [3.05, 3.63) is 77.2 Å². The number of phenols is 1. The molecule has 176 valence electrons. The molecule has 2 aliphatic heterocycles. The van der Waals surface area contributed by atoms with Crippen molar-refractivity contribution in [1.82, 2.24) is 14.5 Å². The molecule has 1 spiro atoms. The van der Waals surface area contributed by atoms with Gasteiger partial charge in [0.05, 0.1) is 18.6 Å². The molecule has 3 aliphatic rings. The van der Waals surface area contributed by atoms with E-state index in [1.165, 1.54) is 0 Å². The van der Waals surface area contributed by atoms with Crippen LogP contribution in [0.5, 0.6) is 5.75 Å². The van der Waals surface area contributed by atoms with E-state index in [-0.39, 0.29) is 17.2 Å². The molecule has 0 atom stereocenters. The van der Waals surface area contributed by atoms with Crippen molar-refractivity contribution in [1.29, 1.82) is 0 Å². The molecule has 1 amide bonds. The van der Waals surface area contributed by atoms with Crippen molar-refractivity contribution in [3.8, 4) is 17.6 Å². The molecular formula is C28H27N5O2. The average Bonchev–Trinajstić information content (AvgIpc) is 3.58. The molecule has 0 radical (unpaired) electrons. The first-order valence-corrected chi connectivity index (χ1v) is 12.2. The number of rotatable bonds is 3. The molecule has 0 unspecified atom stereocenters. The Bertz CT molecular complexity index is 1370. The van der Waals surface area contributed by atoms with Crippen molar-refractivity contribution >= 4 is 17.7 Å². The van der Waals surface area contributed by atoms with Crippen molar-refractivity contribution in [2.45, 2.75) is 44.7 Å². The first-order valence-electron chi connectivity index (χ1n) is 12.2. The molecule has 1 aromatic heterocycles. The fourth-order valence-electron chi connectivity index (χ4n) is 5.40. The predicted molar refractivity (Wildman–Crippen MR) is 135 cm³/mol. The Morgan fingerprint density at radius 3 is 2.49 bits per heavy atom. The minimum Gasteiger partial charge on any atom is -0.508 e. The van der Waals surface area contributed by atoms with Gasteiger partial charge in [0.15, 0.2) is 11.5 Å². The minimum absolute atomic E-state index is 0.125. The Morgan fingerprint density at radius 1 is 1.03 bits per heavy atom. The SMILES string of the molecule is CCN1C(=O)c2nc(C#Cc3ccccc3)n(Cc3ccc(O)cc3)c2N2CC3(CCCC3)N=C12. The van der Waals surface area contributed by atoms with Crippen LogP contribution in [0.3, 0.4) is 0 Å². The summed E-state index contributed by atoms with van der Waals surface area (Å²) < 4.78 is 2.03. The maximum absolute atomic E-state index is 13.6. The number of guanidine groups is 1. The van der Waals surface area contributed by atoms with Gasteiger partial charge in [-0.2, -0.15) is 0 Å². The van der Waals surface area contributed by atoms with Gasteiger partial charge in [0.1, 0.15) is 11.6 Å². The highest BCUT2D eigenvalue weighted by Crippen LogP contribution is 2.43. The number of anilines is 1. The molecule has 0 bridgehead atoms. The molecule has 0 saturated heterocycles. The second-order valence-corrected chi connectivity index (χ2v) is 9.46. The lowest BCUT2D eigenvalue weighted by atomic mass is 9.99. The highest BCUT2D eigenvalue weighted by molar-refractivity contribution is 6.18. The van der Waals surface area contributed by atoms with Crippen molar-refractivity contribution in [2.75, 3.05) is 18.0 Å². The lowest BCUT2D eigenvalue weighted by Gasteiger charge is -2.34. The largest absolute Gasteiger partial charge is 0.508 e. The summed E-state index contributed by atoms with van der Waals surface area (Å²) in [6, 6.07) is 16.9. The van der Waals surface area contributed by atoms with Crippen LogP contribution in [-0.2, 0) is 6.54 Å². The van der Waals surface area contributed by atoms with Crippen LogP contribution < -0.4 is 4.90 Å². The number of benzene rings is 2. The van der Waals surface area contributed by atoms with Gasteiger partial charge in [-0.15, -0.1) is 0 Å². The first kappa shape index (κ1) is 21.5. The third kappa shape index (κ3) is 3.66. The number of imidazole rings is 1. The number of aromatic nitrogens is 2. The smallest absolute Gasteiger partial charge is 0.283 e. The predicted octanol–water partition coefficient (Wildman–Crippen LogP) is 4.00. The number of carbonyl (C=O) groups is 1. The Morgan fingerprint density at radius 2 is 1.77 bits per heavy atom. The number of amides is 1. The van der Waals surface area contributed by atoms with Gasteiger partial charge >= 0.3 is 0 Å². The molecule has 2 aromatic carbocycles. The molecule has 1 aliphatic carbocycles. The molecule has 6 rings (SSSR count). The second kappa shape index (κ2) is 8.31. The highest BCUT2D eigenvalue weighted by atomic mass is 16.3. The zero-order chi connectivity index (χ0) is 24.0. The molecule has 1 fully saturated rings. The van der Waals surface area contributed by atoms with Crippen LogP contribution >= 0.6 is 0 Å². The van der Waals surface area contributed by atoms with E-state index >= 15 is 0 Å². The first-order chi connectivity index (χ1) is 17.1. The quantitative estimate of drug-likeness (QED) is 0.594. The zero-order valence-corrected chi connectivity index (χ0v) is 19.7. The normalized spacial score (nSPS) is 17.7. The summed E-state index contributed by atoms with van der Waals surface area (Å²) in [6.45, 7) is 3.76. The van der Waals surface area contributed by atoms with Gasteiger partial charge in [0.25, 0.3) is 5.91 Å². The van der Waals surface area contributed by atoms with Gasteiger partial charge in [-0.3, -0.25) is 19.2 Å². The van der Waals surface area contributed by atoms with Crippen LogP contribution in [0.2, 0.25) is 0 Å². The number of aromatic hydroxyl groups is 1. The fraction of sp³-hybridized carbons (Fsp3) is 0.321. The number of phenolic OH excluding ortho intramolecular Hbond substituents is 1.